The highest BCUT2D eigenvalue weighted by atomic mass is 31.2. The van der Waals surface area contributed by atoms with Crippen molar-refractivity contribution in [3.8, 4) is 0 Å². The smallest absolute Gasteiger partial charge is 0.462 e. The lowest BCUT2D eigenvalue weighted by atomic mass is 10.1. The summed E-state index contributed by atoms with van der Waals surface area (Å²) in [6, 6.07) is 0. The van der Waals surface area contributed by atoms with Crippen LogP contribution in [0.3, 0.4) is 0 Å². The van der Waals surface area contributed by atoms with Gasteiger partial charge >= 0.3 is 19.8 Å². The van der Waals surface area contributed by atoms with Crippen LogP contribution >= 0.6 is 7.82 Å². The molecule has 2 unspecified atom stereocenters. The van der Waals surface area contributed by atoms with Gasteiger partial charge in [0.05, 0.1) is 19.3 Å². The Morgan fingerprint density at radius 1 is 0.648 bits per heavy atom. The molecule has 11 heteroatoms. The van der Waals surface area contributed by atoms with Crippen LogP contribution in [0.1, 0.15) is 136 Å². The van der Waals surface area contributed by atoms with Crippen molar-refractivity contribution in [2.45, 2.75) is 148 Å². The lowest BCUT2D eigenvalue weighted by Gasteiger charge is -2.19. The number of aliphatic hydroxyl groups excluding tert-OH is 1. The van der Waals surface area contributed by atoms with E-state index in [9.17, 15) is 24.2 Å². The van der Waals surface area contributed by atoms with Crippen LogP contribution in [0.15, 0.2) is 85.1 Å². The molecule has 0 aliphatic rings. The van der Waals surface area contributed by atoms with Gasteiger partial charge in [-0.1, -0.05) is 125 Å². The van der Waals surface area contributed by atoms with Crippen LogP contribution in [0, 0.1) is 0 Å². The molecular formula is C43H72NO9P. The van der Waals surface area contributed by atoms with Gasteiger partial charge in [-0.2, -0.15) is 0 Å². The maximum absolute atomic E-state index is 12.5. The van der Waals surface area contributed by atoms with Crippen LogP contribution in [-0.4, -0.2) is 60.5 Å². The number of allylic oxidation sites excluding steroid dienone is 13. The Kier molecular flexibility index (Phi) is 36.4. The number of esters is 2. The third-order valence-corrected chi connectivity index (χ3v) is 8.81. The van der Waals surface area contributed by atoms with Gasteiger partial charge in [0.15, 0.2) is 6.10 Å². The summed E-state index contributed by atoms with van der Waals surface area (Å²) in [6.45, 7) is 3.29. The van der Waals surface area contributed by atoms with E-state index in [0.29, 0.717) is 25.7 Å². The van der Waals surface area contributed by atoms with Crippen LogP contribution in [0.2, 0.25) is 0 Å². The van der Waals surface area contributed by atoms with Crippen LogP contribution in [0.25, 0.3) is 0 Å². The van der Waals surface area contributed by atoms with Gasteiger partial charge in [-0.3, -0.25) is 18.6 Å². The van der Waals surface area contributed by atoms with Gasteiger partial charge in [0, 0.05) is 19.4 Å². The van der Waals surface area contributed by atoms with E-state index in [2.05, 4.69) is 80.7 Å². The van der Waals surface area contributed by atoms with E-state index in [1.165, 1.54) is 0 Å². The molecule has 10 nitrogen and oxygen atoms in total. The van der Waals surface area contributed by atoms with Crippen molar-refractivity contribution in [3.63, 3.8) is 0 Å². The maximum Gasteiger partial charge on any atom is 0.472 e. The Balaban J connectivity index is 4.37. The molecule has 4 N–H and O–H groups in total. The van der Waals surface area contributed by atoms with Gasteiger partial charge < -0.3 is 25.2 Å². The number of aliphatic hydroxyl groups is 1. The first-order valence-electron chi connectivity index (χ1n) is 20.1. The normalized spacial score (nSPS) is 14.8. The van der Waals surface area contributed by atoms with Crippen molar-refractivity contribution in [1.82, 2.24) is 0 Å². The summed E-state index contributed by atoms with van der Waals surface area (Å²) in [5.74, 6) is -0.945. The molecule has 54 heavy (non-hydrogen) atoms. The van der Waals surface area contributed by atoms with Crippen molar-refractivity contribution < 1.29 is 42.7 Å². The van der Waals surface area contributed by atoms with E-state index >= 15 is 0 Å². The van der Waals surface area contributed by atoms with Gasteiger partial charge in [-0.25, -0.2) is 4.57 Å². The highest BCUT2D eigenvalue weighted by Crippen LogP contribution is 2.43. The minimum atomic E-state index is -4.41. The number of unbranched alkanes of at least 4 members (excludes halogenated alkanes) is 6. The maximum atomic E-state index is 12.5. The summed E-state index contributed by atoms with van der Waals surface area (Å²) in [7, 11) is -4.41. The van der Waals surface area contributed by atoms with Gasteiger partial charge in [0.1, 0.15) is 6.61 Å². The minimum Gasteiger partial charge on any atom is -0.462 e. The SMILES string of the molecule is CC/C=C\C/C=C\C/C=C\CCCCCCCC(=O)OC[C@H](COP(=O)(O)OCCN)OC(=O)CCC/C=C\C/C=C\C/C=C\C/C=C\CC(O)CCC. The molecule has 0 amide bonds. The molecule has 0 aliphatic heterocycles. The number of hydrogen-bond donors (Lipinski definition) is 3. The molecule has 308 valence electrons. The fourth-order valence-electron chi connectivity index (χ4n) is 4.89. The molecule has 0 heterocycles. The fourth-order valence-corrected chi connectivity index (χ4v) is 5.65. The Morgan fingerprint density at radius 3 is 1.76 bits per heavy atom. The molecule has 0 aromatic carbocycles. The lowest BCUT2D eigenvalue weighted by molar-refractivity contribution is -0.161. The zero-order chi connectivity index (χ0) is 39.8. The third-order valence-electron chi connectivity index (χ3n) is 7.82. The number of hydrogen-bond acceptors (Lipinski definition) is 9. The average Bonchev–Trinajstić information content (AvgIpc) is 3.15. The predicted octanol–water partition coefficient (Wildman–Crippen LogP) is 10.2. The zero-order valence-electron chi connectivity index (χ0n) is 33.3. The Bertz CT molecular complexity index is 1180. The summed E-state index contributed by atoms with van der Waals surface area (Å²) >= 11 is 0. The molecule has 0 bridgehead atoms. The number of carbonyl (C=O) groups excluding carboxylic acids is 2. The quantitative estimate of drug-likeness (QED) is 0.0242. The number of ether oxygens (including phenoxy) is 2. The molecule has 0 aromatic rings. The number of phosphoric acid groups is 1. The summed E-state index contributed by atoms with van der Waals surface area (Å²) in [5, 5.41) is 9.72. The molecule has 0 spiro atoms. The average molecular weight is 778 g/mol. The van der Waals surface area contributed by atoms with E-state index in [4.69, 9.17) is 24.3 Å². The lowest BCUT2D eigenvalue weighted by Crippen LogP contribution is -2.29. The second kappa shape index (κ2) is 38.4. The third kappa shape index (κ3) is 37.5. The minimum absolute atomic E-state index is 0.0312. The molecule has 0 saturated heterocycles. The highest BCUT2D eigenvalue weighted by Gasteiger charge is 2.25. The molecule has 0 radical (unpaired) electrons. The topological polar surface area (TPSA) is 155 Å². The largest absolute Gasteiger partial charge is 0.472 e. The number of phosphoric ester groups is 1. The summed E-state index contributed by atoms with van der Waals surface area (Å²) in [6.07, 6.45) is 44.0. The van der Waals surface area contributed by atoms with Crippen LogP contribution in [0.4, 0.5) is 0 Å². The van der Waals surface area contributed by atoms with Crippen LogP contribution in [-0.2, 0) is 32.7 Å². The Morgan fingerprint density at radius 2 is 1.17 bits per heavy atom. The van der Waals surface area contributed by atoms with Crippen molar-refractivity contribution in [2.24, 2.45) is 5.73 Å². The van der Waals surface area contributed by atoms with Crippen molar-refractivity contribution in [1.29, 1.82) is 0 Å². The number of nitrogens with two attached hydrogens (primary N) is 1. The molecule has 0 aromatic heterocycles. The first-order valence-corrected chi connectivity index (χ1v) is 21.6. The monoisotopic (exact) mass is 777 g/mol. The number of carbonyl (C=O) groups is 2. The van der Waals surface area contributed by atoms with Crippen molar-refractivity contribution >= 4 is 19.8 Å². The highest BCUT2D eigenvalue weighted by molar-refractivity contribution is 7.47. The predicted molar refractivity (Wildman–Crippen MR) is 221 cm³/mol. The van der Waals surface area contributed by atoms with E-state index in [1.807, 2.05) is 18.2 Å². The number of rotatable bonds is 36. The van der Waals surface area contributed by atoms with Crippen LogP contribution in [0.5, 0.6) is 0 Å². The molecule has 3 atom stereocenters. The second-order valence-electron chi connectivity index (χ2n) is 12.9. The molecule has 0 rings (SSSR count). The van der Waals surface area contributed by atoms with E-state index < -0.39 is 32.5 Å². The Hall–Kier alpha value is -2.85. The summed E-state index contributed by atoms with van der Waals surface area (Å²) < 4.78 is 32.6. The Labute approximate surface area is 326 Å². The summed E-state index contributed by atoms with van der Waals surface area (Å²) in [5.41, 5.74) is 5.33. The zero-order valence-corrected chi connectivity index (χ0v) is 34.2. The molecule has 0 saturated carbocycles. The molecular weight excluding hydrogens is 705 g/mol. The van der Waals surface area contributed by atoms with Crippen molar-refractivity contribution in [3.05, 3.63) is 85.1 Å². The molecule has 0 aliphatic carbocycles. The fraction of sp³-hybridized carbons (Fsp3) is 0.628. The first kappa shape index (κ1) is 51.1. The van der Waals surface area contributed by atoms with Gasteiger partial charge in [-0.15, -0.1) is 0 Å². The van der Waals surface area contributed by atoms with Crippen molar-refractivity contribution in [2.75, 3.05) is 26.4 Å². The van der Waals surface area contributed by atoms with Crippen LogP contribution < -0.4 is 5.73 Å². The second-order valence-corrected chi connectivity index (χ2v) is 14.4. The standard InChI is InChI=1S/C43H72NO9P/c1-3-5-6-7-8-9-10-11-12-15-18-21-24-27-30-34-42(46)50-38-41(39-52-54(48,49)51-37-36-44)53-43(47)35-31-28-25-22-19-16-13-14-17-20-23-26-29-33-40(45)32-4-2/h5-6,8-9,11-13,16-17,20,22,25-26,29,40-41,45H,3-4,7,10,14-15,18-19,21,23-24,27-28,30-39,44H2,1-2H3,(H,48,49)/b6-5-,9-8-,12-11-,16-13-,20-17-,25-22-,29-26-/t40?,41-/m1/s1. The summed E-state index contributed by atoms with van der Waals surface area (Å²) in [4.78, 5) is 34.8. The van der Waals surface area contributed by atoms with E-state index in [-0.39, 0.29) is 38.7 Å². The van der Waals surface area contributed by atoms with E-state index in [0.717, 1.165) is 83.5 Å². The first-order chi connectivity index (χ1) is 26.2. The molecule has 0 fully saturated rings. The van der Waals surface area contributed by atoms with E-state index in [1.54, 1.807) is 0 Å². The van der Waals surface area contributed by atoms with Gasteiger partial charge in [0.2, 0.25) is 0 Å². The van der Waals surface area contributed by atoms with Gasteiger partial charge in [-0.05, 0) is 83.5 Å². The van der Waals surface area contributed by atoms with Gasteiger partial charge in [0.25, 0.3) is 0 Å².